The van der Waals surface area contributed by atoms with Crippen LogP contribution in [-0.4, -0.2) is 58.6 Å². The Bertz CT molecular complexity index is 1200. The molecule has 1 fully saturated rings. The van der Waals surface area contributed by atoms with Crippen LogP contribution in [0.3, 0.4) is 0 Å². The van der Waals surface area contributed by atoms with E-state index in [4.69, 9.17) is 13.9 Å². The molecule has 8 heteroatoms. The highest BCUT2D eigenvalue weighted by molar-refractivity contribution is 5.87. The predicted molar refractivity (Wildman–Crippen MR) is 121 cm³/mol. The molecule has 0 aliphatic heterocycles. The van der Waals surface area contributed by atoms with E-state index in [1.807, 2.05) is 6.92 Å². The highest BCUT2D eigenvalue weighted by Crippen LogP contribution is 2.34. The van der Waals surface area contributed by atoms with Gasteiger partial charge in [-0.2, -0.15) is 0 Å². The van der Waals surface area contributed by atoms with Gasteiger partial charge >= 0.3 is 0 Å². The average molecular weight is 456 g/mol. The molecule has 4 N–H and O–H groups in total. The molecule has 33 heavy (non-hydrogen) atoms. The van der Waals surface area contributed by atoms with Gasteiger partial charge in [-0.25, -0.2) is 0 Å². The van der Waals surface area contributed by atoms with Gasteiger partial charge in [-0.15, -0.1) is 0 Å². The topological polar surface area (TPSA) is 130 Å². The lowest BCUT2D eigenvalue weighted by Crippen LogP contribution is -2.56. The summed E-state index contributed by atoms with van der Waals surface area (Å²) in [5.41, 5.74) is 2.51. The molecule has 0 amide bonds. The second-order valence-corrected chi connectivity index (χ2v) is 8.60. The van der Waals surface area contributed by atoms with Crippen LogP contribution >= 0.6 is 0 Å². The summed E-state index contributed by atoms with van der Waals surface area (Å²) in [5.74, 6) is 0.128. The zero-order valence-electron chi connectivity index (χ0n) is 18.7. The second-order valence-electron chi connectivity index (χ2n) is 8.60. The molecule has 0 saturated heterocycles. The first-order chi connectivity index (χ1) is 15.7. The Kier molecular flexibility index (Phi) is 6.45. The minimum absolute atomic E-state index is 0.105. The van der Waals surface area contributed by atoms with Gasteiger partial charge in [0.25, 0.3) is 0 Å². The summed E-state index contributed by atoms with van der Waals surface area (Å²) in [4.78, 5) is 13.3. The highest BCUT2D eigenvalue weighted by atomic mass is 16.5. The number of phenolic OH excluding ortho intramolecular Hbond substituents is 1. The molecule has 1 aromatic heterocycles. The molecule has 1 aliphatic rings. The first-order valence-electron chi connectivity index (χ1n) is 10.8. The molecular formula is C25H28O8. The molecule has 2 aromatic carbocycles. The Balaban J connectivity index is 1.71. The summed E-state index contributed by atoms with van der Waals surface area (Å²) < 4.78 is 17.0. The van der Waals surface area contributed by atoms with E-state index in [1.54, 1.807) is 25.1 Å². The van der Waals surface area contributed by atoms with Gasteiger partial charge in [0.2, 0.25) is 5.43 Å². The number of ether oxygens (including phenoxy) is 2. The SMILES string of the molecule is COCC1CC(Oc2cc3occ(-c4ccc(O)cc4)c(=O)c3c(C)c2C)C(O)C(O)C1O. The Morgan fingerprint density at radius 2 is 1.73 bits per heavy atom. The largest absolute Gasteiger partial charge is 0.508 e. The van der Waals surface area contributed by atoms with Crippen LogP contribution in [0.25, 0.3) is 22.1 Å². The van der Waals surface area contributed by atoms with Crippen LogP contribution in [0.1, 0.15) is 17.5 Å². The van der Waals surface area contributed by atoms with Crippen LogP contribution < -0.4 is 10.2 Å². The van der Waals surface area contributed by atoms with E-state index < -0.39 is 30.3 Å². The molecule has 3 aromatic rings. The Labute approximate surface area is 190 Å². The Hall–Kier alpha value is -2.91. The van der Waals surface area contributed by atoms with E-state index >= 15 is 0 Å². The van der Waals surface area contributed by atoms with Crippen molar-refractivity contribution in [3.63, 3.8) is 0 Å². The molecule has 8 nitrogen and oxygen atoms in total. The second kappa shape index (κ2) is 9.15. The van der Waals surface area contributed by atoms with E-state index in [0.717, 1.165) is 0 Å². The predicted octanol–water partition coefficient (Wildman–Crippen LogP) is 2.28. The first kappa shape index (κ1) is 23.3. The third kappa shape index (κ3) is 4.22. The maximum atomic E-state index is 13.3. The smallest absolute Gasteiger partial charge is 0.200 e. The lowest BCUT2D eigenvalue weighted by molar-refractivity contribution is -0.158. The maximum absolute atomic E-state index is 13.3. The monoisotopic (exact) mass is 456 g/mol. The van der Waals surface area contributed by atoms with Crippen LogP contribution in [0, 0.1) is 19.8 Å². The molecule has 5 atom stereocenters. The summed E-state index contributed by atoms with van der Waals surface area (Å²) in [6.07, 6.45) is -2.88. The fourth-order valence-corrected chi connectivity index (χ4v) is 4.44. The van der Waals surface area contributed by atoms with Gasteiger partial charge in [0.1, 0.15) is 41.7 Å². The van der Waals surface area contributed by atoms with Gasteiger partial charge in [0, 0.05) is 19.1 Å². The van der Waals surface area contributed by atoms with Gasteiger partial charge in [-0.05, 0) is 49.1 Å². The van der Waals surface area contributed by atoms with Crippen molar-refractivity contribution in [2.24, 2.45) is 5.92 Å². The molecule has 4 rings (SSSR count). The standard InChI is InChI=1S/C25H28O8/c1-12-13(2)21-19(32-11-17(23(21)28)14-4-6-16(26)7-5-14)9-18(12)33-20-8-15(10-31-3)22(27)25(30)24(20)29/h4-7,9,11,15,20,22,24-27,29-30H,8,10H2,1-3H3. The molecule has 0 spiro atoms. The van der Waals surface area contributed by atoms with Gasteiger partial charge in [0.15, 0.2) is 0 Å². The molecule has 5 unspecified atom stereocenters. The number of aryl methyl sites for hydroxylation is 1. The number of hydrogen-bond donors (Lipinski definition) is 4. The lowest BCUT2D eigenvalue weighted by atomic mass is 9.81. The van der Waals surface area contributed by atoms with Gasteiger partial charge < -0.3 is 34.3 Å². The van der Waals surface area contributed by atoms with Gasteiger partial charge in [0.05, 0.1) is 23.7 Å². The van der Waals surface area contributed by atoms with Gasteiger partial charge in [-0.3, -0.25) is 4.79 Å². The van der Waals surface area contributed by atoms with Crippen LogP contribution in [0.5, 0.6) is 11.5 Å². The van der Waals surface area contributed by atoms with Crippen LogP contribution in [0.4, 0.5) is 0 Å². The molecule has 1 saturated carbocycles. The average Bonchev–Trinajstić information content (AvgIpc) is 2.79. The van der Waals surface area contributed by atoms with Crippen molar-refractivity contribution >= 4 is 11.0 Å². The fraction of sp³-hybridized carbons (Fsp3) is 0.400. The van der Waals surface area contributed by atoms with Crippen LogP contribution in [-0.2, 0) is 4.74 Å². The lowest BCUT2D eigenvalue weighted by Gasteiger charge is -2.40. The number of aromatic hydroxyl groups is 1. The fourth-order valence-electron chi connectivity index (χ4n) is 4.44. The number of hydrogen-bond acceptors (Lipinski definition) is 8. The molecule has 1 heterocycles. The first-order valence-corrected chi connectivity index (χ1v) is 10.8. The minimum Gasteiger partial charge on any atom is -0.508 e. The van der Waals surface area contributed by atoms with Crippen molar-refractivity contribution in [1.82, 2.24) is 0 Å². The van der Waals surface area contributed by atoms with Crippen LogP contribution in [0.15, 0.2) is 45.8 Å². The Morgan fingerprint density at radius 3 is 2.39 bits per heavy atom. The van der Waals surface area contributed by atoms with E-state index in [0.29, 0.717) is 39.0 Å². The van der Waals surface area contributed by atoms with Crippen molar-refractivity contribution in [3.05, 3.63) is 57.9 Å². The van der Waals surface area contributed by atoms with Crippen molar-refractivity contribution in [1.29, 1.82) is 0 Å². The van der Waals surface area contributed by atoms with Crippen molar-refractivity contribution in [2.75, 3.05) is 13.7 Å². The van der Waals surface area contributed by atoms with E-state index in [1.165, 1.54) is 25.5 Å². The third-order valence-corrected chi connectivity index (χ3v) is 6.53. The maximum Gasteiger partial charge on any atom is 0.200 e. The number of aliphatic hydroxyl groups excluding tert-OH is 3. The number of fused-ring (bicyclic) bond motifs is 1. The molecule has 0 bridgehead atoms. The summed E-state index contributed by atoms with van der Waals surface area (Å²) >= 11 is 0. The summed E-state index contributed by atoms with van der Waals surface area (Å²) in [7, 11) is 1.51. The summed E-state index contributed by atoms with van der Waals surface area (Å²) in [5, 5.41) is 40.9. The number of rotatable bonds is 5. The zero-order valence-corrected chi connectivity index (χ0v) is 18.7. The molecule has 176 valence electrons. The van der Waals surface area contributed by atoms with E-state index in [9.17, 15) is 25.2 Å². The van der Waals surface area contributed by atoms with E-state index in [2.05, 4.69) is 0 Å². The minimum atomic E-state index is -1.36. The third-order valence-electron chi connectivity index (χ3n) is 6.53. The van der Waals surface area contributed by atoms with Crippen molar-refractivity contribution in [2.45, 2.75) is 44.7 Å². The Morgan fingerprint density at radius 1 is 1.03 bits per heavy atom. The quantitative estimate of drug-likeness (QED) is 0.460. The summed E-state index contributed by atoms with van der Waals surface area (Å²) in [6.45, 7) is 3.82. The zero-order chi connectivity index (χ0) is 23.9. The highest BCUT2D eigenvalue weighted by Gasteiger charge is 2.44. The normalized spacial score (nSPS) is 25.3. The van der Waals surface area contributed by atoms with E-state index in [-0.39, 0.29) is 24.2 Å². The number of aliphatic hydroxyl groups is 3. The molecular weight excluding hydrogens is 428 g/mol. The number of methoxy groups -OCH3 is 1. The van der Waals surface area contributed by atoms with Crippen LogP contribution in [0.2, 0.25) is 0 Å². The number of benzene rings is 2. The summed E-state index contributed by atoms with van der Waals surface area (Å²) in [6, 6.07) is 7.91. The van der Waals surface area contributed by atoms with Crippen molar-refractivity contribution < 1.29 is 34.3 Å². The molecule has 1 aliphatic carbocycles. The molecule has 0 radical (unpaired) electrons. The van der Waals surface area contributed by atoms with Gasteiger partial charge in [-0.1, -0.05) is 12.1 Å². The van der Waals surface area contributed by atoms with Crippen molar-refractivity contribution in [3.8, 4) is 22.6 Å². The number of phenols is 1.